The van der Waals surface area contributed by atoms with Crippen molar-refractivity contribution in [2.75, 3.05) is 20.1 Å². The van der Waals surface area contributed by atoms with Gasteiger partial charge in [-0.05, 0) is 26.0 Å². The van der Waals surface area contributed by atoms with E-state index in [1.807, 2.05) is 7.05 Å². The summed E-state index contributed by atoms with van der Waals surface area (Å²) in [6.45, 7) is 2.05. The fraction of sp³-hybridized carbons (Fsp3) is 0.636. The van der Waals surface area contributed by atoms with E-state index in [1.54, 1.807) is 15.8 Å². The van der Waals surface area contributed by atoms with Crippen molar-refractivity contribution in [3.63, 3.8) is 0 Å². The van der Waals surface area contributed by atoms with Gasteiger partial charge in [-0.1, -0.05) is 6.42 Å². The number of sulfonamides is 1. The molecule has 1 saturated heterocycles. The Hall–Kier alpha value is -0.430. The Kier molecular flexibility index (Phi) is 4.19. The SMILES string of the molecule is CNCc1cc(S(=O)(=O)N2CCCCC2)cs1. The molecule has 0 aromatic carbocycles. The van der Waals surface area contributed by atoms with Gasteiger partial charge in [0.25, 0.3) is 0 Å². The monoisotopic (exact) mass is 274 g/mol. The summed E-state index contributed by atoms with van der Waals surface area (Å²) in [4.78, 5) is 1.51. The molecule has 1 fully saturated rings. The predicted octanol–water partition coefficient (Wildman–Crippen LogP) is 1.64. The molecule has 1 N–H and O–H groups in total. The van der Waals surface area contributed by atoms with Gasteiger partial charge in [0.05, 0.1) is 4.90 Å². The Labute approximate surface area is 107 Å². The van der Waals surface area contributed by atoms with E-state index in [2.05, 4.69) is 5.32 Å². The lowest BCUT2D eigenvalue weighted by Gasteiger charge is -2.25. The number of thiophene rings is 1. The van der Waals surface area contributed by atoms with E-state index in [1.165, 1.54) is 11.3 Å². The molecule has 0 radical (unpaired) electrons. The third kappa shape index (κ3) is 2.88. The standard InChI is InChI=1S/C11H18N2O2S2/c1-12-8-10-7-11(9-16-10)17(14,15)13-5-3-2-4-6-13/h7,9,12H,2-6,8H2,1H3. The molecule has 17 heavy (non-hydrogen) atoms. The van der Waals surface area contributed by atoms with Crippen LogP contribution in [0.5, 0.6) is 0 Å². The van der Waals surface area contributed by atoms with Crippen molar-refractivity contribution >= 4 is 21.4 Å². The van der Waals surface area contributed by atoms with Crippen molar-refractivity contribution in [3.05, 3.63) is 16.3 Å². The highest BCUT2D eigenvalue weighted by molar-refractivity contribution is 7.89. The van der Waals surface area contributed by atoms with E-state index < -0.39 is 10.0 Å². The molecule has 0 saturated carbocycles. The summed E-state index contributed by atoms with van der Waals surface area (Å²) >= 11 is 1.50. The molecule has 6 heteroatoms. The summed E-state index contributed by atoms with van der Waals surface area (Å²) in [7, 11) is -1.38. The Morgan fingerprint density at radius 3 is 2.71 bits per heavy atom. The first-order valence-corrected chi connectivity index (χ1v) is 8.19. The van der Waals surface area contributed by atoms with Gasteiger partial charge < -0.3 is 5.32 Å². The minimum absolute atomic E-state index is 0.453. The van der Waals surface area contributed by atoms with Crippen LogP contribution in [-0.4, -0.2) is 32.9 Å². The molecule has 4 nitrogen and oxygen atoms in total. The smallest absolute Gasteiger partial charge is 0.243 e. The quantitative estimate of drug-likeness (QED) is 0.908. The van der Waals surface area contributed by atoms with E-state index >= 15 is 0 Å². The zero-order chi connectivity index (χ0) is 12.3. The molecule has 0 amide bonds. The van der Waals surface area contributed by atoms with Gasteiger partial charge >= 0.3 is 0 Å². The highest BCUT2D eigenvalue weighted by Crippen LogP contribution is 2.24. The maximum atomic E-state index is 12.3. The van der Waals surface area contributed by atoms with Crippen LogP contribution in [0.4, 0.5) is 0 Å². The summed E-state index contributed by atoms with van der Waals surface area (Å²) < 4.78 is 26.2. The second-order valence-corrected chi connectivity index (χ2v) is 7.18. The second-order valence-electron chi connectivity index (χ2n) is 4.24. The van der Waals surface area contributed by atoms with Crippen molar-refractivity contribution in [2.24, 2.45) is 0 Å². The summed E-state index contributed by atoms with van der Waals surface area (Å²) in [5.74, 6) is 0. The van der Waals surface area contributed by atoms with Crippen LogP contribution in [-0.2, 0) is 16.6 Å². The first kappa shape index (κ1) is 13.0. The average molecular weight is 274 g/mol. The summed E-state index contributed by atoms with van der Waals surface area (Å²) in [6, 6.07) is 1.78. The summed E-state index contributed by atoms with van der Waals surface area (Å²) in [5.41, 5.74) is 0. The van der Waals surface area contributed by atoms with Crippen LogP contribution in [0.15, 0.2) is 16.3 Å². The molecular formula is C11H18N2O2S2. The molecule has 1 aromatic heterocycles. The van der Waals surface area contributed by atoms with Crippen LogP contribution >= 0.6 is 11.3 Å². The number of piperidine rings is 1. The van der Waals surface area contributed by atoms with Gasteiger partial charge in [-0.2, -0.15) is 4.31 Å². The van der Waals surface area contributed by atoms with Crippen molar-refractivity contribution < 1.29 is 8.42 Å². The molecule has 1 aromatic rings. The van der Waals surface area contributed by atoms with Crippen LogP contribution in [0.25, 0.3) is 0 Å². The molecule has 0 atom stereocenters. The molecule has 1 aliphatic heterocycles. The fourth-order valence-corrected chi connectivity index (χ4v) is 4.81. The first-order valence-electron chi connectivity index (χ1n) is 5.87. The minimum Gasteiger partial charge on any atom is -0.315 e. The van der Waals surface area contributed by atoms with Gasteiger partial charge in [-0.3, -0.25) is 0 Å². The van der Waals surface area contributed by atoms with E-state index in [0.29, 0.717) is 18.0 Å². The Bertz CT molecular complexity index is 462. The van der Waals surface area contributed by atoms with Crippen LogP contribution in [0.2, 0.25) is 0 Å². The lowest BCUT2D eigenvalue weighted by molar-refractivity contribution is 0.347. The average Bonchev–Trinajstić information content (AvgIpc) is 2.80. The van der Waals surface area contributed by atoms with E-state index in [9.17, 15) is 8.42 Å². The summed E-state index contributed by atoms with van der Waals surface area (Å²) in [5, 5.41) is 4.78. The molecule has 0 aliphatic carbocycles. The summed E-state index contributed by atoms with van der Waals surface area (Å²) in [6.07, 6.45) is 3.10. The zero-order valence-electron chi connectivity index (χ0n) is 9.98. The third-order valence-corrected chi connectivity index (χ3v) is 5.90. The van der Waals surface area contributed by atoms with Gasteiger partial charge in [0, 0.05) is 29.9 Å². The van der Waals surface area contributed by atoms with Crippen LogP contribution in [0.1, 0.15) is 24.1 Å². The molecular weight excluding hydrogens is 256 g/mol. The predicted molar refractivity (Wildman–Crippen MR) is 69.7 cm³/mol. The van der Waals surface area contributed by atoms with Gasteiger partial charge in [0.1, 0.15) is 0 Å². The Balaban J connectivity index is 2.18. The maximum absolute atomic E-state index is 12.3. The number of nitrogens with one attached hydrogen (secondary N) is 1. The molecule has 0 unspecified atom stereocenters. The number of hydrogen-bond acceptors (Lipinski definition) is 4. The maximum Gasteiger partial charge on any atom is 0.243 e. The topological polar surface area (TPSA) is 49.4 Å². The molecule has 0 spiro atoms. The number of nitrogens with zero attached hydrogens (tertiary/aromatic N) is 1. The van der Waals surface area contributed by atoms with Crippen molar-refractivity contribution in [3.8, 4) is 0 Å². The lowest BCUT2D eigenvalue weighted by atomic mass is 10.2. The van der Waals surface area contributed by atoms with Crippen LogP contribution in [0, 0.1) is 0 Å². The number of rotatable bonds is 4. The lowest BCUT2D eigenvalue weighted by Crippen LogP contribution is -2.35. The minimum atomic E-state index is -3.24. The molecule has 2 rings (SSSR count). The Morgan fingerprint density at radius 2 is 2.06 bits per heavy atom. The third-order valence-electron chi connectivity index (χ3n) is 2.93. The normalized spacial score (nSPS) is 18.4. The Morgan fingerprint density at radius 1 is 1.35 bits per heavy atom. The highest BCUT2D eigenvalue weighted by atomic mass is 32.2. The van der Waals surface area contributed by atoms with Gasteiger partial charge in [-0.15, -0.1) is 11.3 Å². The van der Waals surface area contributed by atoms with E-state index in [-0.39, 0.29) is 0 Å². The molecule has 96 valence electrons. The highest BCUT2D eigenvalue weighted by Gasteiger charge is 2.26. The second kappa shape index (κ2) is 5.48. The molecule has 1 aliphatic rings. The van der Waals surface area contributed by atoms with E-state index in [0.717, 1.165) is 30.7 Å². The van der Waals surface area contributed by atoms with Gasteiger partial charge in [0.15, 0.2) is 0 Å². The first-order chi connectivity index (χ1) is 8.14. The van der Waals surface area contributed by atoms with Gasteiger partial charge in [-0.25, -0.2) is 8.42 Å². The van der Waals surface area contributed by atoms with Crippen molar-refractivity contribution in [2.45, 2.75) is 30.7 Å². The zero-order valence-corrected chi connectivity index (χ0v) is 11.6. The van der Waals surface area contributed by atoms with Gasteiger partial charge in [0.2, 0.25) is 10.0 Å². The largest absolute Gasteiger partial charge is 0.315 e. The number of hydrogen-bond donors (Lipinski definition) is 1. The van der Waals surface area contributed by atoms with E-state index in [4.69, 9.17) is 0 Å². The van der Waals surface area contributed by atoms with Crippen LogP contribution < -0.4 is 5.32 Å². The van der Waals surface area contributed by atoms with Crippen molar-refractivity contribution in [1.82, 2.24) is 9.62 Å². The molecule has 2 heterocycles. The van der Waals surface area contributed by atoms with Crippen molar-refractivity contribution in [1.29, 1.82) is 0 Å². The van der Waals surface area contributed by atoms with Crippen LogP contribution in [0.3, 0.4) is 0 Å². The fourth-order valence-electron chi connectivity index (χ4n) is 2.02. The molecule has 0 bridgehead atoms.